The van der Waals surface area contributed by atoms with E-state index in [0.717, 1.165) is 37.7 Å². The minimum atomic E-state index is -0.0898. The maximum absolute atomic E-state index is 11.5. The van der Waals surface area contributed by atoms with Gasteiger partial charge in [0.25, 0.3) is 5.56 Å². The van der Waals surface area contributed by atoms with E-state index in [1.807, 2.05) is 25.3 Å². The molecule has 1 atom stereocenters. The van der Waals surface area contributed by atoms with Gasteiger partial charge in [0.1, 0.15) is 17.5 Å². The van der Waals surface area contributed by atoms with Crippen LogP contribution in [0.3, 0.4) is 0 Å². The molecule has 2 aromatic heterocycles. The maximum Gasteiger partial charge on any atom is 0.252 e. The molecule has 3 heterocycles. The molecular weight excluding hydrogens is 278 g/mol. The summed E-state index contributed by atoms with van der Waals surface area (Å²) in [6, 6.07) is 5.61. The molecule has 22 heavy (non-hydrogen) atoms. The second kappa shape index (κ2) is 6.17. The SMILES string of the molecule is Cc1ccnc(NCC2CCN(c3cc(=O)[nH]c(C)n3)C2)c1. The van der Waals surface area contributed by atoms with Crippen molar-refractivity contribution in [1.82, 2.24) is 15.0 Å². The molecule has 0 saturated carbocycles. The lowest BCUT2D eigenvalue weighted by molar-refractivity contribution is 0.620. The lowest BCUT2D eigenvalue weighted by Crippen LogP contribution is -2.25. The van der Waals surface area contributed by atoms with Gasteiger partial charge in [0.15, 0.2) is 0 Å². The van der Waals surface area contributed by atoms with Crippen molar-refractivity contribution in [2.45, 2.75) is 20.3 Å². The molecule has 1 fully saturated rings. The number of aromatic nitrogens is 3. The van der Waals surface area contributed by atoms with Crippen LogP contribution in [-0.2, 0) is 0 Å². The summed E-state index contributed by atoms with van der Waals surface area (Å²) in [4.78, 5) is 25.1. The summed E-state index contributed by atoms with van der Waals surface area (Å²) in [5.74, 6) is 2.89. The van der Waals surface area contributed by atoms with Gasteiger partial charge in [-0.2, -0.15) is 0 Å². The van der Waals surface area contributed by atoms with E-state index in [-0.39, 0.29) is 5.56 Å². The van der Waals surface area contributed by atoms with E-state index in [1.165, 1.54) is 5.56 Å². The van der Waals surface area contributed by atoms with Crippen molar-refractivity contribution >= 4 is 11.6 Å². The predicted octanol–water partition coefficient (Wildman–Crippen LogP) is 1.72. The molecule has 1 unspecified atom stereocenters. The first kappa shape index (κ1) is 14.6. The van der Waals surface area contributed by atoms with Crippen LogP contribution >= 0.6 is 0 Å². The molecule has 0 aromatic carbocycles. The summed E-state index contributed by atoms with van der Waals surface area (Å²) in [5, 5.41) is 3.40. The lowest BCUT2D eigenvalue weighted by Gasteiger charge is -2.18. The van der Waals surface area contributed by atoms with Crippen molar-refractivity contribution in [3.8, 4) is 0 Å². The van der Waals surface area contributed by atoms with Gasteiger partial charge < -0.3 is 15.2 Å². The second-order valence-electron chi connectivity index (χ2n) is 5.89. The molecule has 3 rings (SSSR count). The normalized spacial score (nSPS) is 17.7. The fraction of sp³-hybridized carbons (Fsp3) is 0.438. The first-order valence-electron chi connectivity index (χ1n) is 7.59. The number of nitrogens with zero attached hydrogens (tertiary/aromatic N) is 3. The molecular formula is C16H21N5O. The summed E-state index contributed by atoms with van der Waals surface area (Å²) in [6.45, 7) is 6.60. The number of anilines is 2. The Labute approximate surface area is 129 Å². The highest BCUT2D eigenvalue weighted by atomic mass is 16.1. The molecule has 2 aromatic rings. The Morgan fingerprint density at radius 1 is 1.41 bits per heavy atom. The number of rotatable bonds is 4. The van der Waals surface area contributed by atoms with Crippen LogP contribution in [-0.4, -0.2) is 34.6 Å². The summed E-state index contributed by atoms with van der Waals surface area (Å²) < 4.78 is 0. The van der Waals surface area contributed by atoms with Crippen molar-refractivity contribution in [3.05, 3.63) is 46.1 Å². The summed E-state index contributed by atoms with van der Waals surface area (Å²) in [7, 11) is 0. The minimum absolute atomic E-state index is 0.0898. The summed E-state index contributed by atoms with van der Waals surface area (Å²) in [6.07, 6.45) is 2.91. The van der Waals surface area contributed by atoms with Crippen LogP contribution in [0.1, 0.15) is 17.8 Å². The highest BCUT2D eigenvalue weighted by molar-refractivity contribution is 5.40. The number of hydrogen-bond donors (Lipinski definition) is 2. The Morgan fingerprint density at radius 2 is 2.27 bits per heavy atom. The van der Waals surface area contributed by atoms with Crippen molar-refractivity contribution < 1.29 is 0 Å². The van der Waals surface area contributed by atoms with Gasteiger partial charge in [0.2, 0.25) is 0 Å². The van der Waals surface area contributed by atoms with E-state index in [9.17, 15) is 4.79 Å². The highest BCUT2D eigenvalue weighted by Crippen LogP contribution is 2.21. The van der Waals surface area contributed by atoms with Crippen LogP contribution < -0.4 is 15.8 Å². The zero-order valence-corrected chi connectivity index (χ0v) is 13.0. The van der Waals surface area contributed by atoms with Gasteiger partial charge in [-0.1, -0.05) is 0 Å². The topological polar surface area (TPSA) is 73.9 Å². The predicted molar refractivity (Wildman–Crippen MR) is 87.4 cm³/mol. The number of aryl methyl sites for hydroxylation is 2. The molecule has 0 aliphatic carbocycles. The third kappa shape index (κ3) is 3.44. The molecule has 2 N–H and O–H groups in total. The van der Waals surface area contributed by atoms with Crippen LogP contribution in [0.25, 0.3) is 0 Å². The molecule has 1 saturated heterocycles. The number of H-pyrrole nitrogens is 1. The molecule has 0 radical (unpaired) electrons. The van der Waals surface area contributed by atoms with Crippen LogP contribution in [0.2, 0.25) is 0 Å². The highest BCUT2D eigenvalue weighted by Gasteiger charge is 2.23. The van der Waals surface area contributed by atoms with Crippen LogP contribution in [0, 0.1) is 19.8 Å². The Balaban J connectivity index is 1.59. The van der Waals surface area contributed by atoms with E-state index in [4.69, 9.17) is 0 Å². The Bertz CT molecular complexity index is 712. The number of nitrogens with one attached hydrogen (secondary N) is 2. The summed E-state index contributed by atoms with van der Waals surface area (Å²) in [5.41, 5.74) is 1.11. The van der Waals surface area contributed by atoms with E-state index in [2.05, 4.69) is 32.1 Å². The molecule has 0 bridgehead atoms. The van der Waals surface area contributed by atoms with Crippen molar-refractivity contribution in [2.24, 2.45) is 5.92 Å². The first-order chi connectivity index (χ1) is 10.6. The molecule has 0 spiro atoms. The number of pyridine rings is 1. The monoisotopic (exact) mass is 299 g/mol. The largest absolute Gasteiger partial charge is 0.370 e. The van der Waals surface area contributed by atoms with Gasteiger partial charge in [0.05, 0.1) is 0 Å². The number of hydrogen-bond acceptors (Lipinski definition) is 5. The van der Waals surface area contributed by atoms with Gasteiger partial charge in [-0.25, -0.2) is 9.97 Å². The van der Waals surface area contributed by atoms with Crippen molar-refractivity contribution in [2.75, 3.05) is 29.9 Å². The molecule has 6 heteroatoms. The Morgan fingerprint density at radius 3 is 3.05 bits per heavy atom. The molecule has 1 aliphatic rings. The molecule has 116 valence electrons. The quantitative estimate of drug-likeness (QED) is 0.899. The standard InChI is InChI=1S/C16H21N5O/c1-11-3-5-17-14(7-11)18-9-13-4-6-21(10-13)15-8-16(22)20-12(2)19-15/h3,5,7-8,13H,4,6,9-10H2,1-2H3,(H,17,18)(H,19,20,22). The van der Waals surface area contributed by atoms with Gasteiger partial charge in [0, 0.05) is 31.9 Å². The van der Waals surface area contributed by atoms with E-state index in [1.54, 1.807) is 6.07 Å². The molecule has 1 aliphatic heterocycles. The molecule has 0 amide bonds. The van der Waals surface area contributed by atoms with Gasteiger partial charge >= 0.3 is 0 Å². The second-order valence-corrected chi connectivity index (χ2v) is 5.89. The molecule has 6 nitrogen and oxygen atoms in total. The average molecular weight is 299 g/mol. The van der Waals surface area contributed by atoms with E-state index in [0.29, 0.717) is 11.7 Å². The Kier molecular flexibility index (Phi) is 4.09. The lowest BCUT2D eigenvalue weighted by atomic mass is 10.1. The van der Waals surface area contributed by atoms with Crippen molar-refractivity contribution in [3.63, 3.8) is 0 Å². The minimum Gasteiger partial charge on any atom is -0.370 e. The maximum atomic E-state index is 11.5. The average Bonchev–Trinajstić information content (AvgIpc) is 2.93. The third-order valence-corrected chi connectivity index (χ3v) is 3.94. The van der Waals surface area contributed by atoms with Crippen molar-refractivity contribution in [1.29, 1.82) is 0 Å². The zero-order chi connectivity index (χ0) is 15.5. The smallest absolute Gasteiger partial charge is 0.252 e. The fourth-order valence-electron chi connectivity index (χ4n) is 2.81. The first-order valence-corrected chi connectivity index (χ1v) is 7.59. The van der Waals surface area contributed by atoms with Crippen LogP contribution in [0.4, 0.5) is 11.6 Å². The summed E-state index contributed by atoms with van der Waals surface area (Å²) >= 11 is 0. The van der Waals surface area contributed by atoms with Gasteiger partial charge in [-0.05, 0) is 43.9 Å². The van der Waals surface area contributed by atoms with E-state index < -0.39 is 0 Å². The van der Waals surface area contributed by atoms with Gasteiger partial charge in [-0.3, -0.25) is 4.79 Å². The van der Waals surface area contributed by atoms with E-state index >= 15 is 0 Å². The fourth-order valence-corrected chi connectivity index (χ4v) is 2.81. The zero-order valence-electron chi connectivity index (χ0n) is 13.0. The Hall–Kier alpha value is -2.37. The van der Waals surface area contributed by atoms with Crippen LogP contribution in [0.15, 0.2) is 29.2 Å². The van der Waals surface area contributed by atoms with Gasteiger partial charge in [-0.15, -0.1) is 0 Å². The van der Waals surface area contributed by atoms with Crippen LogP contribution in [0.5, 0.6) is 0 Å². The third-order valence-electron chi connectivity index (χ3n) is 3.94. The number of aromatic amines is 1.